The van der Waals surface area contributed by atoms with E-state index in [1.165, 1.54) is 19.2 Å². The number of aromatic nitrogens is 6. The molecule has 11 heteroatoms. The van der Waals surface area contributed by atoms with Crippen molar-refractivity contribution in [1.29, 1.82) is 0 Å². The highest BCUT2D eigenvalue weighted by molar-refractivity contribution is 6.03. The molecule has 7 rings (SSSR count). The van der Waals surface area contributed by atoms with E-state index in [0.29, 0.717) is 22.7 Å². The Balaban J connectivity index is 1.17. The van der Waals surface area contributed by atoms with Gasteiger partial charge < -0.3 is 24.6 Å². The predicted molar refractivity (Wildman–Crippen MR) is 153 cm³/mol. The van der Waals surface area contributed by atoms with Crippen LogP contribution in [0.25, 0.3) is 16.6 Å². The summed E-state index contributed by atoms with van der Waals surface area (Å²) >= 11 is 0. The largest absolute Gasteiger partial charge is 0.495 e. The second-order valence-electron chi connectivity index (χ2n) is 10.9. The maximum atomic E-state index is 6.05. The number of likely N-dealkylation sites (tertiary alicyclic amines) is 1. The van der Waals surface area contributed by atoms with Crippen LogP contribution >= 0.6 is 0 Å². The molecule has 40 heavy (non-hydrogen) atoms. The van der Waals surface area contributed by atoms with E-state index in [4.69, 9.17) is 9.47 Å². The van der Waals surface area contributed by atoms with Gasteiger partial charge in [0.1, 0.15) is 36.3 Å². The molecule has 0 saturated carbocycles. The zero-order chi connectivity index (χ0) is 27.3. The summed E-state index contributed by atoms with van der Waals surface area (Å²) in [6.07, 6.45) is 7.13. The van der Waals surface area contributed by atoms with Crippen LogP contribution < -0.4 is 19.7 Å². The first-order chi connectivity index (χ1) is 19.5. The minimum atomic E-state index is 0.378. The van der Waals surface area contributed by atoms with Gasteiger partial charge in [0.25, 0.3) is 0 Å². The van der Waals surface area contributed by atoms with Gasteiger partial charge in [0.2, 0.25) is 5.88 Å². The number of hydrogen-bond acceptors (Lipinski definition) is 10. The highest BCUT2D eigenvalue weighted by Gasteiger charge is 2.45. The molecule has 2 aliphatic rings. The summed E-state index contributed by atoms with van der Waals surface area (Å²) in [5, 5.41) is 8.58. The Morgan fingerprint density at radius 3 is 2.55 bits per heavy atom. The van der Waals surface area contributed by atoms with Gasteiger partial charge in [-0.25, -0.2) is 24.5 Å². The summed E-state index contributed by atoms with van der Waals surface area (Å²) in [4.78, 5) is 22.6. The second kappa shape index (κ2) is 9.60. The minimum Gasteiger partial charge on any atom is -0.495 e. The molecule has 0 amide bonds. The van der Waals surface area contributed by atoms with Crippen LogP contribution in [-0.4, -0.2) is 74.8 Å². The van der Waals surface area contributed by atoms with Gasteiger partial charge in [-0.1, -0.05) is 0 Å². The van der Waals surface area contributed by atoms with E-state index in [1.807, 2.05) is 37.3 Å². The molecule has 1 N–H and O–H groups in total. The number of methoxy groups -OCH3 is 1. The maximum absolute atomic E-state index is 6.05. The minimum absolute atomic E-state index is 0.378. The Morgan fingerprint density at radius 1 is 0.925 bits per heavy atom. The van der Waals surface area contributed by atoms with Crippen molar-refractivity contribution in [1.82, 2.24) is 34.4 Å². The smallest absolute Gasteiger partial charge is 0.224 e. The van der Waals surface area contributed by atoms with E-state index < -0.39 is 0 Å². The number of rotatable bonds is 6. The highest BCUT2D eigenvalue weighted by Crippen LogP contribution is 2.48. The van der Waals surface area contributed by atoms with Gasteiger partial charge in [0.15, 0.2) is 5.65 Å². The Hall–Kier alpha value is -4.51. The van der Waals surface area contributed by atoms with Crippen LogP contribution in [0, 0.1) is 12.3 Å². The molecule has 5 heterocycles. The fraction of sp³-hybridized carbons (Fsp3) is 0.345. The van der Waals surface area contributed by atoms with E-state index in [9.17, 15) is 0 Å². The van der Waals surface area contributed by atoms with Gasteiger partial charge in [-0.3, -0.25) is 0 Å². The first kappa shape index (κ1) is 24.5. The number of nitrogens with one attached hydrogen (secondary N) is 1. The number of hydrogen-bond donors (Lipinski definition) is 1. The summed E-state index contributed by atoms with van der Waals surface area (Å²) < 4.78 is 13.5. The van der Waals surface area contributed by atoms with E-state index in [2.05, 4.69) is 47.2 Å². The predicted octanol–water partition coefficient (Wildman–Crippen LogP) is 4.45. The SMILES string of the molecule is COc1ccc2ncnc(Nc3ccc(Oc4cc5ncnn5cn4)c(C)c3)c2c1N1CC2(CCN(C)CC2)C1. The van der Waals surface area contributed by atoms with Crippen LogP contribution in [0.1, 0.15) is 18.4 Å². The lowest BCUT2D eigenvalue weighted by atomic mass is 9.71. The standard InChI is InChI=1S/C29H31N9O2/c1-19-12-20(4-6-22(19)40-25-13-24-31-17-34-38(24)18-33-25)35-28-26-21(30-16-32-28)5-7-23(39-3)27(26)37-14-29(15-37)8-10-36(2)11-9-29/h4-7,12-13,16-18H,8-11,14-15H2,1-3H3,(H,30,32,35). The van der Waals surface area contributed by atoms with Crippen LogP contribution in [0.15, 0.2) is 55.4 Å². The molecule has 2 aromatic carbocycles. The first-order valence-electron chi connectivity index (χ1n) is 13.5. The van der Waals surface area contributed by atoms with Crippen molar-refractivity contribution in [3.05, 3.63) is 60.9 Å². The topological polar surface area (TPSA) is 106 Å². The molecule has 1 spiro atoms. The van der Waals surface area contributed by atoms with Gasteiger partial charge >= 0.3 is 0 Å². The zero-order valence-corrected chi connectivity index (χ0v) is 22.8. The third-order valence-electron chi connectivity index (χ3n) is 8.18. The lowest BCUT2D eigenvalue weighted by Crippen LogP contribution is -2.60. The Labute approximate surface area is 231 Å². The van der Waals surface area contributed by atoms with Crippen LogP contribution in [0.4, 0.5) is 17.2 Å². The number of nitrogens with zero attached hydrogens (tertiary/aromatic N) is 8. The monoisotopic (exact) mass is 537 g/mol. The summed E-state index contributed by atoms with van der Waals surface area (Å²) in [7, 11) is 3.94. The van der Waals surface area contributed by atoms with E-state index in [-0.39, 0.29) is 0 Å². The first-order valence-corrected chi connectivity index (χ1v) is 13.5. The molecule has 2 fully saturated rings. The van der Waals surface area contributed by atoms with E-state index >= 15 is 0 Å². The maximum Gasteiger partial charge on any atom is 0.224 e. The molecule has 204 valence electrons. The summed E-state index contributed by atoms with van der Waals surface area (Å²) in [5.74, 6) is 2.75. The van der Waals surface area contributed by atoms with Crippen molar-refractivity contribution in [2.75, 3.05) is 50.6 Å². The normalized spacial score (nSPS) is 16.8. The van der Waals surface area contributed by atoms with Gasteiger partial charge in [-0.15, -0.1) is 0 Å². The fourth-order valence-corrected chi connectivity index (χ4v) is 5.88. The molecule has 0 unspecified atom stereocenters. The van der Waals surface area contributed by atoms with E-state index in [1.54, 1.807) is 30.3 Å². The Kier molecular flexibility index (Phi) is 5.88. The summed E-state index contributed by atoms with van der Waals surface area (Å²) in [6.45, 7) is 6.35. The van der Waals surface area contributed by atoms with E-state index in [0.717, 1.165) is 65.6 Å². The Bertz CT molecular complexity index is 1700. The van der Waals surface area contributed by atoms with Crippen molar-refractivity contribution in [2.24, 2.45) is 5.41 Å². The quantitative estimate of drug-likeness (QED) is 0.334. The highest BCUT2D eigenvalue weighted by atomic mass is 16.5. The van der Waals surface area contributed by atoms with Crippen LogP contribution in [0.5, 0.6) is 17.4 Å². The molecule has 0 radical (unpaired) electrons. The molecule has 3 aromatic heterocycles. The summed E-state index contributed by atoms with van der Waals surface area (Å²) in [6, 6.07) is 11.7. The Morgan fingerprint density at radius 2 is 1.75 bits per heavy atom. The van der Waals surface area contributed by atoms with Crippen LogP contribution in [0.3, 0.4) is 0 Å². The molecule has 5 aromatic rings. The number of anilines is 3. The van der Waals surface area contributed by atoms with Crippen molar-refractivity contribution in [2.45, 2.75) is 19.8 Å². The molecule has 0 aliphatic carbocycles. The summed E-state index contributed by atoms with van der Waals surface area (Å²) in [5.41, 5.74) is 4.84. The molecule has 11 nitrogen and oxygen atoms in total. The molecule has 0 atom stereocenters. The lowest BCUT2D eigenvalue weighted by molar-refractivity contribution is 0.0905. The number of piperidine rings is 1. The number of ether oxygens (including phenoxy) is 2. The molecular weight excluding hydrogens is 506 g/mol. The van der Waals surface area contributed by atoms with Crippen molar-refractivity contribution < 1.29 is 9.47 Å². The third kappa shape index (κ3) is 4.32. The van der Waals surface area contributed by atoms with Gasteiger partial charge in [-0.05, 0) is 75.8 Å². The second-order valence-corrected chi connectivity index (χ2v) is 10.9. The zero-order valence-electron chi connectivity index (χ0n) is 22.8. The van der Waals surface area contributed by atoms with Crippen LogP contribution in [-0.2, 0) is 0 Å². The number of fused-ring (bicyclic) bond motifs is 2. The van der Waals surface area contributed by atoms with Crippen molar-refractivity contribution in [3.63, 3.8) is 0 Å². The third-order valence-corrected chi connectivity index (χ3v) is 8.18. The molecule has 0 bridgehead atoms. The van der Waals surface area contributed by atoms with Crippen molar-refractivity contribution in [3.8, 4) is 17.4 Å². The number of benzene rings is 2. The average molecular weight is 538 g/mol. The lowest BCUT2D eigenvalue weighted by Gasteiger charge is -2.55. The molecular formula is C29H31N9O2. The van der Waals surface area contributed by atoms with Gasteiger partial charge in [0.05, 0.1) is 23.7 Å². The average Bonchev–Trinajstić information content (AvgIpc) is 3.42. The molecule has 2 saturated heterocycles. The van der Waals surface area contributed by atoms with Crippen LogP contribution in [0.2, 0.25) is 0 Å². The van der Waals surface area contributed by atoms with Gasteiger partial charge in [-0.2, -0.15) is 5.10 Å². The van der Waals surface area contributed by atoms with Gasteiger partial charge in [0, 0.05) is 30.3 Å². The van der Waals surface area contributed by atoms with Crippen molar-refractivity contribution >= 4 is 33.7 Å². The molecule has 2 aliphatic heterocycles. The number of aryl methyl sites for hydroxylation is 1. The fourth-order valence-electron chi connectivity index (χ4n) is 5.88.